The predicted molar refractivity (Wildman–Crippen MR) is 92.7 cm³/mol. The summed E-state index contributed by atoms with van der Waals surface area (Å²) in [6.45, 7) is 0.376. The third-order valence-electron chi connectivity index (χ3n) is 3.31. The molecular weight excluding hydrogens is 348 g/mol. The fourth-order valence-corrected chi connectivity index (χ4v) is 2.94. The van der Waals surface area contributed by atoms with Gasteiger partial charge in [-0.2, -0.15) is 0 Å². The maximum Gasteiger partial charge on any atom is 0.230 e. The molecule has 0 atom stereocenters. The van der Waals surface area contributed by atoms with Crippen LogP contribution < -0.4 is 5.32 Å². The molecule has 0 radical (unpaired) electrons. The molecule has 3 rings (SSSR count). The third-order valence-corrected chi connectivity index (χ3v) is 4.58. The molecule has 0 aliphatic rings. The summed E-state index contributed by atoms with van der Waals surface area (Å²) >= 11 is 7.23. The number of aromatic nitrogens is 3. The average molecular weight is 363 g/mol. The van der Waals surface area contributed by atoms with E-state index < -0.39 is 0 Å². The van der Waals surface area contributed by atoms with Gasteiger partial charge in [0, 0.05) is 17.6 Å². The predicted octanol–water partition coefficient (Wildman–Crippen LogP) is 3.14. The van der Waals surface area contributed by atoms with E-state index in [0.717, 1.165) is 17.1 Å². The van der Waals surface area contributed by atoms with Crippen molar-refractivity contribution in [2.75, 3.05) is 5.75 Å². The highest BCUT2D eigenvalue weighted by Gasteiger charge is 2.13. The molecule has 0 fully saturated rings. The van der Waals surface area contributed by atoms with Crippen LogP contribution in [0.4, 0.5) is 0 Å². The maximum absolute atomic E-state index is 11.9. The van der Waals surface area contributed by atoms with Crippen molar-refractivity contribution in [2.45, 2.75) is 11.7 Å². The number of carbonyl (C=O) groups is 1. The minimum absolute atomic E-state index is 0.0903. The van der Waals surface area contributed by atoms with Gasteiger partial charge in [-0.1, -0.05) is 23.4 Å². The highest BCUT2D eigenvalue weighted by molar-refractivity contribution is 7.99. The summed E-state index contributed by atoms with van der Waals surface area (Å²) in [6, 6.07) is 11.0. The first kappa shape index (κ1) is 16.6. The quantitative estimate of drug-likeness (QED) is 0.682. The zero-order valence-electron chi connectivity index (χ0n) is 12.9. The monoisotopic (exact) mass is 362 g/mol. The number of hydrogen-bond donors (Lipinski definition) is 1. The zero-order valence-corrected chi connectivity index (χ0v) is 14.5. The van der Waals surface area contributed by atoms with E-state index in [9.17, 15) is 4.79 Å². The van der Waals surface area contributed by atoms with Crippen LogP contribution in [0.15, 0.2) is 52.2 Å². The van der Waals surface area contributed by atoms with Crippen molar-refractivity contribution >= 4 is 29.3 Å². The van der Waals surface area contributed by atoms with Crippen molar-refractivity contribution in [1.29, 1.82) is 0 Å². The lowest BCUT2D eigenvalue weighted by molar-refractivity contribution is -0.118. The lowest BCUT2D eigenvalue weighted by Crippen LogP contribution is -2.24. The Balaban J connectivity index is 1.58. The minimum Gasteiger partial charge on any atom is -0.467 e. The average Bonchev–Trinajstić information content (AvgIpc) is 3.22. The SMILES string of the molecule is Cn1c(SCC(=O)NCc2ccco2)nnc1-c1ccc(Cl)cc1. The standard InChI is InChI=1S/C16H15ClN4O2S/c1-21-15(11-4-6-12(17)7-5-11)19-20-16(21)24-10-14(22)18-9-13-3-2-8-23-13/h2-8H,9-10H2,1H3,(H,18,22). The van der Waals surface area contributed by atoms with E-state index in [0.29, 0.717) is 16.7 Å². The molecule has 0 saturated heterocycles. The molecule has 1 aromatic carbocycles. The topological polar surface area (TPSA) is 73.0 Å². The van der Waals surface area contributed by atoms with Crippen LogP contribution >= 0.6 is 23.4 Å². The van der Waals surface area contributed by atoms with Crippen LogP contribution in [0.5, 0.6) is 0 Å². The Kier molecular flexibility index (Phi) is 5.22. The summed E-state index contributed by atoms with van der Waals surface area (Å²) in [5, 5.41) is 12.5. The summed E-state index contributed by atoms with van der Waals surface area (Å²) < 4.78 is 7.02. The molecule has 24 heavy (non-hydrogen) atoms. The van der Waals surface area contributed by atoms with Crippen LogP contribution in [0.2, 0.25) is 5.02 Å². The number of benzene rings is 1. The first-order valence-electron chi connectivity index (χ1n) is 7.20. The first-order valence-corrected chi connectivity index (χ1v) is 8.57. The fraction of sp³-hybridized carbons (Fsp3) is 0.188. The number of thioether (sulfide) groups is 1. The molecule has 0 saturated carbocycles. The first-order chi connectivity index (χ1) is 11.6. The number of nitrogens with one attached hydrogen (secondary N) is 1. The lowest BCUT2D eigenvalue weighted by Gasteiger charge is -2.05. The van der Waals surface area contributed by atoms with E-state index in [1.165, 1.54) is 11.8 Å². The van der Waals surface area contributed by atoms with Crippen LogP contribution in [-0.2, 0) is 18.4 Å². The van der Waals surface area contributed by atoms with Crippen LogP contribution in [0.25, 0.3) is 11.4 Å². The Hall–Kier alpha value is -2.25. The molecular formula is C16H15ClN4O2S. The highest BCUT2D eigenvalue weighted by atomic mass is 35.5. The second-order valence-corrected chi connectivity index (χ2v) is 6.40. The molecule has 2 aromatic heterocycles. The van der Waals surface area contributed by atoms with Crippen molar-refractivity contribution in [3.8, 4) is 11.4 Å². The Labute approximate surface area is 148 Å². The van der Waals surface area contributed by atoms with Crippen molar-refractivity contribution in [2.24, 2.45) is 7.05 Å². The molecule has 8 heteroatoms. The molecule has 1 amide bonds. The van der Waals surface area contributed by atoms with E-state index in [1.807, 2.05) is 29.8 Å². The van der Waals surface area contributed by atoms with Crippen LogP contribution in [-0.4, -0.2) is 26.4 Å². The summed E-state index contributed by atoms with van der Waals surface area (Å²) in [5.41, 5.74) is 0.920. The van der Waals surface area contributed by atoms with Crippen molar-refractivity contribution in [3.63, 3.8) is 0 Å². The molecule has 1 N–H and O–H groups in total. The number of halogens is 1. The summed E-state index contributed by atoms with van der Waals surface area (Å²) in [4.78, 5) is 11.9. The van der Waals surface area contributed by atoms with Crippen molar-refractivity contribution in [1.82, 2.24) is 20.1 Å². The summed E-state index contributed by atoms with van der Waals surface area (Å²) in [6.07, 6.45) is 1.58. The van der Waals surface area contributed by atoms with Gasteiger partial charge >= 0.3 is 0 Å². The van der Waals surface area contributed by atoms with Gasteiger partial charge in [0.1, 0.15) is 5.76 Å². The normalized spacial score (nSPS) is 10.8. The number of carbonyl (C=O) groups excluding carboxylic acids is 1. The number of furan rings is 1. The Bertz CT molecular complexity index is 815. The summed E-state index contributed by atoms with van der Waals surface area (Å²) in [5.74, 6) is 1.61. The molecule has 0 spiro atoms. The lowest BCUT2D eigenvalue weighted by atomic mass is 10.2. The van der Waals surface area contributed by atoms with E-state index in [4.69, 9.17) is 16.0 Å². The van der Waals surface area contributed by atoms with Gasteiger partial charge in [-0.15, -0.1) is 10.2 Å². The van der Waals surface area contributed by atoms with Crippen LogP contribution in [0.1, 0.15) is 5.76 Å². The van der Waals surface area contributed by atoms with Crippen LogP contribution in [0.3, 0.4) is 0 Å². The zero-order chi connectivity index (χ0) is 16.9. The molecule has 124 valence electrons. The van der Waals surface area contributed by atoms with Gasteiger partial charge in [0.15, 0.2) is 11.0 Å². The number of nitrogens with zero attached hydrogens (tertiary/aromatic N) is 3. The van der Waals surface area contributed by atoms with Crippen LogP contribution in [0, 0.1) is 0 Å². The van der Waals surface area contributed by atoms with E-state index in [2.05, 4.69) is 15.5 Å². The number of amides is 1. The van der Waals surface area contributed by atoms with E-state index in [-0.39, 0.29) is 11.7 Å². The Morgan fingerprint density at radius 3 is 2.79 bits per heavy atom. The molecule has 0 unspecified atom stereocenters. The smallest absolute Gasteiger partial charge is 0.230 e. The molecule has 6 nitrogen and oxygen atoms in total. The molecule has 0 bridgehead atoms. The second kappa shape index (κ2) is 7.55. The molecule has 0 aliphatic heterocycles. The van der Waals surface area contributed by atoms with Gasteiger partial charge in [-0.25, -0.2) is 0 Å². The van der Waals surface area contributed by atoms with Crippen molar-refractivity contribution in [3.05, 3.63) is 53.4 Å². The van der Waals surface area contributed by atoms with Gasteiger partial charge in [-0.3, -0.25) is 4.79 Å². The maximum atomic E-state index is 11.9. The van der Waals surface area contributed by atoms with Gasteiger partial charge in [0.05, 0.1) is 18.6 Å². The number of hydrogen-bond acceptors (Lipinski definition) is 5. The van der Waals surface area contributed by atoms with Gasteiger partial charge in [0.2, 0.25) is 5.91 Å². The molecule has 3 aromatic rings. The third kappa shape index (κ3) is 3.98. The van der Waals surface area contributed by atoms with Crippen molar-refractivity contribution < 1.29 is 9.21 Å². The van der Waals surface area contributed by atoms with Gasteiger partial charge in [-0.05, 0) is 36.4 Å². The molecule has 0 aliphatic carbocycles. The Morgan fingerprint density at radius 2 is 2.08 bits per heavy atom. The highest BCUT2D eigenvalue weighted by Crippen LogP contribution is 2.23. The fourth-order valence-electron chi connectivity index (χ4n) is 2.07. The van der Waals surface area contributed by atoms with Gasteiger partial charge in [0.25, 0.3) is 0 Å². The largest absolute Gasteiger partial charge is 0.467 e. The Morgan fingerprint density at radius 1 is 1.29 bits per heavy atom. The second-order valence-electron chi connectivity index (χ2n) is 5.02. The van der Waals surface area contributed by atoms with E-state index in [1.54, 1.807) is 24.5 Å². The minimum atomic E-state index is -0.0903. The van der Waals surface area contributed by atoms with Gasteiger partial charge < -0.3 is 14.3 Å². The number of rotatable bonds is 6. The molecule has 2 heterocycles. The summed E-state index contributed by atoms with van der Waals surface area (Å²) in [7, 11) is 1.87. The van der Waals surface area contributed by atoms with E-state index >= 15 is 0 Å².